The Labute approximate surface area is 118 Å². The molecule has 2 heterocycles. The van der Waals surface area contributed by atoms with Crippen molar-refractivity contribution in [3.63, 3.8) is 0 Å². The number of rotatable bonds is 4. The Balaban J connectivity index is 2.65. The van der Waals surface area contributed by atoms with E-state index in [0.29, 0.717) is 17.1 Å². The fraction of sp³-hybridized carbons (Fsp3) is 0.400. The molecule has 0 amide bonds. The van der Waals surface area contributed by atoms with E-state index >= 15 is 0 Å². The van der Waals surface area contributed by atoms with E-state index in [4.69, 9.17) is 0 Å². The van der Waals surface area contributed by atoms with Crippen molar-refractivity contribution in [1.29, 1.82) is 0 Å². The largest absolute Gasteiger partial charge is 0.370 e. The lowest BCUT2D eigenvalue weighted by Gasteiger charge is -2.15. The zero-order valence-corrected chi connectivity index (χ0v) is 12.2. The fourth-order valence-electron chi connectivity index (χ4n) is 1.96. The van der Waals surface area contributed by atoms with Crippen molar-refractivity contribution in [3.05, 3.63) is 35.7 Å². The van der Waals surface area contributed by atoms with Gasteiger partial charge in [0.05, 0.1) is 11.9 Å². The second-order valence-electron chi connectivity index (χ2n) is 4.94. The summed E-state index contributed by atoms with van der Waals surface area (Å²) in [5, 5.41) is 3.21. The average Bonchev–Trinajstić information content (AvgIpc) is 2.42. The second kappa shape index (κ2) is 5.94. The first-order valence-electron chi connectivity index (χ1n) is 6.76. The van der Waals surface area contributed by atoms with Gasteiger partial charge in [0.2, 0.25) is 0 Å². The van der Waals surface area contributed by atoms with Gasteiger partial charge < -0.3 is 5.32 Å². The van der Waals surface area contributed by atoms with Crippen LogP contribution in [-0.2, 0) is 0 Å². The highest BCUT2D eigenvalue weighted by Gasteiger charge is 2.16. The molecule has 4 nitrogen and oxygen atoms in total. The van der Waals surface area contributed by atoms with Gasteiger partial charge in [0.15, 0.2) is 5.82 Å². The fourth-order valence-corrected chi connectivity index (χ4v) is 1.96. The van der Waals surface area contributed by atoms with Gasteiger partial charge in [-0.2, -0.15) is 0 Å². The molecule has 0 spiro atoms. The van der Waals surface area contributed by atoms with E-state index < -0.39 is 0 Å². The summed E-state index contributed by atoms with van der Waals surface area (Å²) in [6.07, 6.45) is 2.78. The van der Waals surface area contributed by atoms with Crippen LogP contribution in [-0.4, -0.2) is 21.5 Å². The van der Waals surface area contributed by atoms with Gasteiger partial charge in [0, 0.05) is 29.8 Å². The van der Waals surface area contributed by atoms with Crippen molar-refractivity contribution in [3.8, 4) is 11.3 Å². The summed E-state index contributed by atoms with van der Waals surface area (Å²) >= 11 is 0. The number of halogens is 1. The molecule has 5 heteroatoms. The lowest BCUT2D eigenvalue weighted by atomic mass is 10.1. The van der Waals surface area contributed by atoms with Crippen LogP contribution in [0.15, 0.2) is 18.5 Å². The van der Waals surface area contributed by atoms with E-state index in [2.05, 4.69) is 20.3 Å². The van der Waals surface area contributed by atoms with E-state index in [0.717, 1.165) is 17.9 Å². The van der Waals surface area contributed by atoms with Crippen LogP contribution in [0.5, 0.6) is 0 Å². The molecule has 20 heavy (non-hydrogen) atoms. The van der Waals surface area contributed by atoms with Gasteiger partial charge in [0.1, 0.15) is 11.6 Å². The van der Waals surface area contributed by atoms with Gasteiger partial charge in [-0.3, -0.25) is 4.98 Å². The number of aromatic nitrogens is 3. The predicted molar refractivity (Wildman–Crippen MR) is 78.2 cm³/mol. The SMILES string of the molecule is CCNc1nc(C(C)C)nc(-c2ccncc2F)c1C. The first kappa shape index (κ1) is 14.4. The Kier molecular flexibility index (Phi) is 4.27. The van der Waals surface area contributed by atoms with Crippen LogP contribution in [0.3, 0.4) is 0 Å². The quantitative estimate of drug-likeness (QED) is 0.926. The maximum Gasteiger partial charge on any atom is 0.150 e. The number of nitrogens with one attached hydrogen (secondary N) is 1. The molecule has 0 fully saturated rings. The van der Waals surface area contributed by atoms with Crippen LogP contribution >= 0.6 is 0 Å². The van der Waals surface area contributed by atoms with E-state index in [9.17, 15) is 4.39 Å². The average molecular weight is 274 g/mol. The summed E-state index contributed by atoms with van der Waals surface area (Å²) in [5.74, 6) is 1.28. The molecule has 0 bridgehead atoms. The topological polar surface area (TPSA) is 50.7 Å². The molecule has 0 unspecified atom stereocenters. The van der Waals surface area contributed by atoms with Crippen molar-refractivity contribution in [2.45, 2.75) is 33.6 Å². The van der Waals surface area contributed by atoms with Crippen molar-refractivity contribution in [1.82, 2.24) is 15.0 Å². The molecule has 106 valence electrons. The molecule has 0 radical (unpaired) electrons. The molecule has 0 saturated carbocycles. The third-order valence-corrected chi connectivity index (χ3v) is 3.05. The number of hydrogen-bond donors (Lipinski definition) is 1. The Hall–Kier alpha value is -2.04. The number of nitrogens with zero attached hydrogens (tertiary/aromatic N) is 3. The third kappa shape index (κ3) is 2.76. The molecule has 0 aliphatic heterocycles. The predicted octanol–water partition coefficient (Wildman–Crippen LogP) is 3.54. The first-order valence-corrected chi connectivity index (χ1v) is 6.76. The zero-order valence-electron chi connectivity index (χ0n) is 12.2. The van der Waals surface area contributed by atoms with Crippen molar-refractivity contribution >= 4 is 5.82 Å². The minimum absolute atomic E-state index is 0.177. The summed E-state index contributed by atoms with van der Waals surface area (Å²) < 4.78 is 14.0. The summed E-state index contributed by atoms with van der Waals surface area (Å²) in [4.78, 5) is 12.8. The van der Waals surface area contributed by atoms with Crippen LogP contribution in [0.4, 0.5) is 10.2 Å². The lowest BCUT2D eigenvalue weighted by molar-refractivity contribution is 0.623. The molecular formula is C15H19FN4. The number of anilines is 1. The Morgan fingerprint density at radius 2 is 2.05 bits per heavy atom. The highest BCUT2D eigenvalue weighted by Crippen LogP contribution is 2.28. The molecule has 0 atom stereocenters. The van der Waals surface area contributed by atoms with E-state index in [-0.39, 0.29) is 11.7 Å². The smallest absolute Gasteiger partial charge is 0.150 e. The monoisotopic (exact) mass is 274 g/mol. The number of pyridine rings is 1. The minimum Gasteiger partial charge on any atom is -0.370 e. The van der Waals surface area contributed by atoms with E-state index in [1.54, 1.807) is 12.3 Å². The normalized spacial score (nSPS) is 10.9. The molecular weight excluding hydrogens is 255 g/mol. The van der Waals surface area contributed by atoms with Crippen LogP contribution in [0.2, 0.25) is 0 Å². The van der Waals surface area contributed by atoms with E-state index in [1.165, 1.54) is 6.20 Å². The minimum atomic E-state index is -0.369. The molecule has 2 rings (SSSR count). The van der Waals surface area contributed by atoms with Gasteiger partial charge in [-0.1, -0.05) is 13.8 Å². The maximum absolute atomic E-state index is 14.0. The standard InChI is InChI=1S/C15H19FN4/c1-5-18-15-10(4)13(19-14(20-15)9(2)3)11-6-7-17-8-12(11)16/h6-9H,5H2,1-4H3,(H,18,19,20). The van der Waals surface area contributed by atoms with Crippen molar-refractivity contribution in [2.24, 2.45) is 0 Å². The van der Waals surface area contributed by atoms with Crippen LogP contribution in [0.1, 0.15) is 38.1 Å². The molecule has 2 aromatic rings. The third-order valence-electron chi connectivity index (χ3n) is 3.05. The molecule has 0 aliphatic rings. The zero-order chi connectivity index (χ0) is 14.7. The summed E-state index contributed by atoms with van der Waals surface area (Å²) in [6.45, 7) is 8.70. The Morgan fingerprint density at radius 1 is 1.30 bits per heavy atom. The van der Waals surface area contributed by atoms with Crippen LogP contribution in [0, 0.1) is 12.7 Å². The molecule has 0 aromatic carbocycles. The Bertz CT molecular complexity index is 611. The molecule has 2 aromatic heterocycles. The Morgan fingerprint density at radius 3 is 2.65 bits per heavy atom. The van der Waals surface area contributed by atoms with Crippen molar-refractivity contribution < 1.29 is 4.39 Å². The summed E-state index contributed by atoms with van der Waals surface area (Å²) in [7, 11) is 0. The maximum atomic E-state index is 14.0. The summed E-state index contributed by atoms with van der Waals surface area (Å²) in [5.41, 5.74) is 1.93. The van der Waals surface area contributed by atoms with E-state index in [1.807, 2.05) is 27.7 Å². The van der Waals surface area contributed by atoms with Crippen molar-refractivity contribution in [2.75, 3.05) is 11.9 Å². The highest BCUT2D eigenvalue weighted by molar-refractivity contribution is 5.68. The highest BCUT2D eigenvalue weighted by atomic mass is 19.1. The lowest BCUT2D eigenvalue weighted by Crippen LogP contribution is -2.09. The van der Waals surface area contributed by atoms with Crippen LogP contribution in [0.25, 0.3) is 11.3 Å². The van der Waals surface area contributed by atoms with Crippen LogP contribution < -0.4 is 5.32 Å². The number of hydrogen-bond acceptors (Lipinski definition) is 4. The summed E-state index contributed by atoms with van der Waals surface area (Å²) in [6, 6.07) is 1.64. The van der Waals surface area contributed by atoms with Gasteiger partial charge >= 0.3 is 0 Å². The van der Waals surface area contributed by atoms with Gasteiger partial charge in [-0.05, 0) is 19.9 Å². The van der Waals surface area contributed by atoms with Gasteiger partial charge in [0.25, 0.3) is 0 Å². The van der Waals surface area contributed by atoms with Gasteiger partial charge in [-0.15, -0.1) is 0 Å². The molecule has 1 N–H and O–H groups in total. The first-order chi connectivity index (χ1) is 9.54. The molecule has 0 aliphatic carbocycles. The second-order valence-corrected chi connectivity index (χ2v) is 4.94. The van der Waals surface area contributed by atoms with Gasteiger partial charge in [-0.25, -0.2) is 14.4 Å². The molecule has 0 saturated heterocycles.